The average Bonchev–Trinajstić information content (AvgIpc) is 2.79. The number of nitrogens with one attached hydrogen (secondary N) is 1. The Morgan fingerprint density at radius 2 is 1.50 bits per heavy atom. The molecule has 3 aromatic carbocycles. The maximum atomic E-state index is 13.2. The van der Waals surface area contributed by atoms with Crippen LogP contribution in [0.15, 0.2) is 66.7 Å². The molecule has 0 atom stereocenters. The van der Waals surface area contributed by atoms with Gasteiger partial charge in [-0.1, -0.05) is 74.5 Å². The molecule has 0 heterocycles. The predicted molar refractivity (Wildman–Crippen MR) is 137 cm³/mol. The zero-order valence-electron chi connectivity index (χ0n) is 20.5. The highest BCUT2D eigenvalue weighted by Gasteiger charge is 2.21. The van der Waals surface area contributed by atoms with E-state index in [4.69, 9.17) is 0 Å². The van der Waals surface area contributed by atoms with Gasteiger partial charge >= 0.3 is 6.09 Å². The van der Waals surface area contributed by atoms with Crippen LogP contribution in [0.5, 0.6) is 0 Å². The second kappa shape index (κ2) is 11.5. The number of hydrogen-bond donors (Lipinski definition) is 2. The van der Waals surface area contributed by atoms with Crippen molar-refractivity contribution in [1.82, 2.24) is 10.2 Å². The molecule has 0 aliphatic rings. The quantitative estimate of drug-likeness (QED) is 0.388. The lowest BCUT2D eigenvalue weighted by Crippen LogP contribution is -2.29. The van der Waals surface area contributed by atoms with Crippen LogP contribution in [0.1, 0.15) is 52.9 Å². The molecule has 5 heteroatoms. The molecule has 0 bridgehead atoms. The number of hydrogen-bond acceptors (Lipinski definition) is 2. The van der Waals surface area contributed by atoms with Gasteiger partial charge in [0.1, 0.15) is 0 Å². The van der Waals surface area contributed by atoms with E-state index in [1.165, 1.54) is 4.90 Å². The van der Waals surface area contributed by atoms with Crippen molar-refractivity contribution in [2.75, 3.05) is 6.54 Å². The molecular formula is C29H34N2O3. The van der Waals surface area contributed by atoms with Crippen LogP contribution in [0.3, 0.4) is 0 Å². The van der Waals surface area contributed by atoms with E-state index in [0.29, 0.717) is 24.6 Å². The summed E-state index contributed by atoms with van der Waals surface area (Å²) in [6.45, 7) is 9.41. The van der Waals surface area contributed by atoms with Gasteiger partial charge in [-0.05, 0) is 65.6 Å². The van der Waals surface area contributed by atoms with Gasteiger partial charge in [0, 0.05) is 25.2 Å². The standard InChI is InChI=1S/C29H34N2O3/c1-20(2)16-17-30-28(32)25-15-9-11-22(4)27(25)26-21(3)10-8-14-24(26)19-31(29(33)34)18-23-12-6-5-7-13-23/h5-15,20H,16-19H2,1-4H3,(H,30,32)(H,33,34). The maximum Gasteiger partial charge on any atom is 0.407 e. The monoisotopic (exact) mass is 458 g/mol. The lowest BCUT2D eigenvalue weighted by Gasteiger charge is -2.24. The molecule has 5 nitrogen and oxygen atoms in total. The van der Waals surface area contributed by atoms with Gasteiger partial charge in [0.05, 0.1) is 0 Å². The van der Waals surface area contributed by atoms with Gasteiger partial charge in [-0.2, -0.15) is 0 Å². The molecule has 0 unspecified atom stereocenters. The minimum Gasteiger partial charge on any atom is -0.465 e. The third kappa shape index (κ3) is 6.25. The summed E-state index contributed by atoms with van der Waals surface area (Å²) in [5.74, 6) is 0.403. The Labute approximate surface area is 202 Å². The molecule has 178 valence electrons. The number of carbonyl (C=O) groups excluding carboxylic acids is 1. The molecule has 0 aliphatic heterocycles. The van der Waals surface area contributed by atoms with Crippen molar-refractivity contribution >= 4 is 12.0 Å². The highest BCUT2D eigenvalue weighted by molar-refractivity contribution is 6.02. The fourth-order valence-corrected chi connectivity index (χ4v) is 4.18. The van der Waals surface area contributed by atoms with Gasteiger partial charge in [-0.15, -0.1) is 0 Å². The van der Waals surface area contributed by atoms with E-state index in [0.717, 1.165) is 39.8 Å². The average molecular weight is 459 g/mol. The van der Waals surface area contributed by atoms with E-state index in [1.54, 1.807) is 0 Å². The summed E-state index contributed by atoms with van der Waals surface area (Å²) in [6, 6.07) is 21.2. The van der Waals surface area contributed by atoms with Crippen LogP contribution < -0.4 is 5.32 Å². The molecule has 34 heavy (non-hydrogen) atoms. The Kier molecular flexibility index (Phi) is 8.47. The summed E-state index contributed by atoms with van der Waals surface area (Å²) in [6.07, 6.45) is -0.0667. The van der Waals surface area contributed by atoms with E-state index in [9.17, 15) is 14.7 Å². The molecular weight excluding hydrogens is 424 g/mol. The first kappa shape index (κ1) is 25.0. The number of carboxylic acid groups (broad SMARTS) is 1. The van der Waals surface area contributed by atoms with Crippen LogP contribution in [0.25, 0.3) is 11.1 Å². The largest absolute Gasteiger partial charge is 0.465 e. The smallest absolute Gasteiger partial charge is 0.407 e. The molecule has 0 fully saturated rings. The van der Waals surface area contributed by atoms with E-state index in [1.807, 2.05) is 80.6 Å². The van der Waals surface area contributed by atoms with Crippen molar-refractivity contribution in [3.05, 3.63) is 94.5 Å². The Bertz CT molecular complexity index is 1140. The summed E-state index contributed by atoms with van der Waals surface area (Å²) < 4.78 is 0. The van der Waals surface area contributed by atoms with Crippen LogP contribution >= 0.6 is 0 Å². The Morgan fingerprint density at radius 1 is 0.853 bits per heavy atom. The summed E-state index contributed by atoms with van der Waals surface area (Å²) in [5.41, 5.74) is 6.20. The minimum atomic E-state index is -0.979. The highest BCUT2D eigenvalue weighted by Crippen LogP contribution is 2.34. The van der Waals surface area contributed by atoms with Crippen molar-refractivity contribution in [3.63, 3.8) is 0 Å². The number of nitrogens with zero attached hydrogens (tertiary/aromatic N) is 1. The molecule has 0 radical (unpaired) electrons. The number of rotatable bonds is 9. The first-order valence-corrected chi connectivity index (χ1v) is 11.8. The summed E-state index contributed by atoms with van der Waals surface area (Å²) in [4.78, 5) is 26.7. The molecule has 0 aromatic heterocycles. The SMILES string of the molecule is Cc1cccc(CN(Cc2ccccc2)C(=O)O)c1-c1c(C)cccc1C(=O)NCCC(C)C. The fourth-order valence-electron chi connectivity index (χ4n) is 4.18. The first-order valence-electron chi connectivity index (χ1n) is 11.8. The van der Waals surface area contributed by atoms with Crippen molar-refractivity contribution in [2.24, 2.45) is 5.92 Å². The molecule has 0 aliphatic carbocycles. The Hall–Kier alpha value is -3.60. The molecule has 2 N–H and O–H groups in total. The van der Waals surface area contributed by atoms with Gasteiger partial charge in [0.25, 0.3) is 5.91 Å². The summed E-state index contributed by atoms with van der Waals surface area (Å²) in [7, 11) is 0. The fraction of sp³-hybridized carbons (Fsp3) is 0.310. The second-order valence-electron chi connectivity index (χ2n) is 9.17. The molecule has 3 rings (SSSR count). The van der Waals surface area contributed by atoms with Gasteiger partial charge in [-0.3, -0.25) is 9.69 Å². The minimum absolute atomic E-state index is 0.104. The molecule has 0 saturated heterocycles. The Balaban J connectivity index is 2.00. The third-order valence-electron chi connectivity index (χ3n) is 5.98. The van der Waals surface area contributed by atoms with Gasteiger partial charge < -0.3 is 10.4 Å². The number of benzene rings is 3. The van der Waals surface area contributed by atoms with Crippen LogP contribution in [0, 0.1) is 19.8 Å². The van der Waals surface area contributed by atoms with Crippen molar-refractivity contribution in [3.8, 4) is 11.1 Å². The topological polar surface area (TPSA) is 69.6 Å². The van der Waals surface area contributed by atoms with E-state index < -0.39 is 6.09 Å². The summed E-state index contributed by atoms with van der Waals surface area (Å²) >= 11 is 0. The molecule has 2 amide bonds. The van der Waals surface area contributed by atoms with Crippen molar-refractivity contribution in [1.29, 1.82) is 0 Å². The molecule has 0 saturated carbocycles. The molecule has 3 aromatic rings. The zero-order chi connectivity index (χ0) is 24.7. The highest BCUT2D eigenvalue weighted by atomic mass is 16.4. The van der Waals surface area contributed by atoms with Crippen molar-refractivity contribution < 1.29 is 14.7 Å². The van der Waals surface area contributed by atoms with E-state index in [-0.39, 0.29) is 12.5 Å². The van der Waals surface area contributed by atoms with Crippen molar-refractivity contribution in [2.45, 2.75) is 47.2 Å². The van der Waals surface area contributed by atoms with E-state index >= 15 is 0 Å². The van der Waals surface area contributed by atoms with Gasteiger partial charge in [0.15, 0.2) is 0 Å². The Morgan fingerprint density at radius 3 is 2.15 bits per heavy atom. The first-order chi connectivity index (χ1) is 16.3. The number of carbonyl (C=O) groups is 2. The van der Waals surface area contributed by atoms with Crippen LogP contribution in [0.2, 0.25) is 0 Å². The van der Waals surface area contributed by atoms with Crippen LogP contribution in [-0.4, -0.2) is 28.6 Å². The lowest BCUT2D eigenvalue weighted by molar-refractivity contribution is 0.0952. The molecule has 0 spiro atoms. The zero-order valence-corrected chi connectivity index (χ0v) is 20.5. The summed E-state index contributed by atoms with van der Waals surface area (Å²) in [5, 5.41) is 13.0. The van der Waals surface area contributed by atoms with Gasteiger partial charge in [0.2, 0.25) is 0 Å². The van der Waals surface area contributed by atoms with Crippen LogP contribution in [-0.2, 0) is 13.1 Å². The number of aryl methyl sites for hydroxylation is 2. The van der Waals surface area contributed by atoms with Gasteiger partial charge in [-0.25, -0.2) is 4.79 Å². The normalized spacial score (nSPS) is 10.9. The lowest BCUT2D eigenvalue weighted by atomic mass is 9.88. The number of amides is 2. The predicted octanol–water partition coefficient (Wildman–Crippen LogP) is 6.43. The van der Waals surface area contributed by atoms with Crippen LogP contribution in [0.4, 0.5) is 4.79 Å². The maximum absolute atomic E-state index is 13.2. The third-order valence-corrected chi connectivity index (χ3v) is 5.98. The van der Waals surface area contributed by atoms with E-state index in [2.05, 4.69) is 19.2 Å². The second-order valence-corrected chi connectivity index (χ2v) is 9.17.